The van der Waals surface area contributed by atoms with Gasteiger partial charge in [0, 0.05) is 56.1 Å². The number of fused-ring (bicyclic) bond motifs is 2. The van der Waals surface area contributed by atoms with Crippen LogP contribution in [0.15, 0.2) is 30.7 Å². The van der Waals surface area contributed by atoms with E-state index in [9.17, 15) is 4.79 Å². The normalized spacial score (nSPS) is 21.2. The van der Waals surface area contributed by atoms with Crippen molar-refractivity contribution in [2.24, 2.45) is 0 Å². The van der Waals surface area contributed by atoms with Crippen LogP contribution >= 0.6 is 0 Å². The number of amides is 1. The summed E-state index contributed by atoms with van der Waals surface area (Å²) in [6.45, 7) is 0.922. The molecule has 1 aliphatic heterocycles. The molecule has 0 aromatic carbocycles. The van der Waals surface area contributed by atoms with Gasteiger partial charge in [-0.3, -0.25) is 4.79 Å². The molecule has 0 unspecified atom stereocenters. The van der Waals surface area contributed by atoms with E-state index in [2.05, 4.69) is 25.6 Å². The molecule has 33 heavy (non-hydrogen) atoms. The molecule has 5 heterocycles. The Hall–Kier alpha value is -3.69. The fraction of sp³-hybridized carbons (Fsp3) is 0.435. The SMILES string of the molecule is CNc1nc(N[C@H]2CC[C@H](N3CCCC3=O)CC2)nc2[nH]cc(-c3ccn4nccc4n3)c12. The molecule has 170 valence electrons. The van der Waals surface area contributed by atoms with Crippen LogP contribution in [0.5, 0.6) is 0 Å². The quantitative estimate of drug-likeness (QED) is 0.432. The first-order valence-corrected chi connectivity index (χ1v) is 11.6. The molecule has 1 aliphatic carbocycles. The lowest BCUT2D eigenvalue weighted by molar-refractivity contribution is -0.130. The molecule has 0 bridgehead atoms. The van der Waals surface area contributed by atoms with Crippen LogP contribution in [-0.4, -0.2) is 66.0 Å². The van der Waals surface area contributed by atoms with Crippen LogP contribution in [-0.2, 0) is 4.79 Å². The first kappa shape index (κ1) is 20.0. The Morgan fingerprint density at radius 2 is 2.00 bits per heavy atom. The zero-order valence-electron chi connectivity index (χ0n) is 18.6. The van der Waals surface area contributed by atoms with Gasteiger partial charge in [0.05, 0.1) is 17.3 Å². The van der Waals surface area contributed by atoms with Crippen molar-refractivity contribution in [2.45, 2.75) is 50.6 Å². The van der Waals surface area contributed by atoms with Crippen molar-refractivity contribution in [2.75, 3.05) is 24.2 Å². The summed E-state index contributed by atoms with van der Waals surface area (Å²) in [4.78, 5) is 31.7. The third-order valence-corrected chi connectivity index (χ3v) is 6.88. The van der Waals surface area contributed by atoms with E-state index in [-0.39, 0.29) is 0 Å². The van der Waals surface area contributed by atoms with Crippen LogP contribution in [0, 0.1) is 0 Å². The van der Waals surface area contributed by atoms with E-state index in [1.165, 1.54) is 0 Å². The van der Waals surface area contributed by atoms with Crippen LogP contribution in [0.1, 0.15) is 38.5 Å². The van der Waals surface area contributed by atoms with Gasteiger partial charge in [0.15, 0.2) is 5.65 Å². The molecule has 10 heteroatoms. The second kappa shape index (κ2) is 8.02. The topological polar surface area (TPSA) is 116 Å². The molecule has 0 spiro atoms. The molecular weight excluding hydrogens is 418 g/mol. The van der Waals surface area contributed by atoms with Crippen molar-refractivity contribution in [3.05, 3.63) is 30.7 Å². The Balaban J connectivity index is 1.23. The first-order chi connectivity index (χ1) is 16.2. The summed E-state index contributed by atoms with van der Waals surface area (Å²) in [7, 11) is 1.87. The lowest BCUT2D eigenvalue weighted by Gasteiger charge is -2.34. The molecular formula is C23H27N9O. The number of likely N-dealkylation sites (tertiary alicyclic amines) is 1. The van der Waals surface area contributed by atoms with Gasteiger partial charge in [-0.1, -0.05) is 0 Å². The summed E-state index contributed by atoms with van der Waals surface area (Å²) in [5.41, 5.74) is 3.34. The van der Waals surface area contributed by atoms with E-state index < -0.39 is 0 Å². The average molecular weight is 446 g/mol. The Kier molecular flexibility index (Phi) is 4.85. The van der Waals surface area contributed by atoms with Gasteiger partial charge in [0.1, 0.15) is 11.5 Å². The molecule has 3 N–H and O–H groups in total. The highest BCUT2D eigenvalue weighted by Gasteiger charge is 2.31. The van der Waals surface area contributed by atoms with Crippen LogP contribution < -0.4 is 10.6 Å². The van der Waals surface area contributed by atoms with E-state index in [0.29, 0.717) is 30.4 Å². The van der Waals surface area contributed by atoms with Gasteiger partial charge >= 0.3 is 0 Å². The molecule has 4 aromatic heterocycles. The van der Waals surface area contributed by atoms with Crippen LogP contribution in [0.2, 0.25) is 0 Å². The van der Waals surface area contributed by atoms with Crippen molar-refractivity contribution in [1.82, 2.24) is 34.4 Å². The second-order valence-electron chi connectivity index (χ2n) is 8.86. The summed E-state index contributed by atoms with van der Waals surface area (Å²) < 4.78 is 1.74. The van der Waals surface area contributed by atoms with Crippen molar-refractivity contribution < 1.29 is 4.79 Å². The molecule has 6 rings (SSSR count). The Bertz CT molecular complexity index is 1320. The molecule has 1 saturated carbocycles. The number of carbonyl (C=O) groups is 1. The minimum absolute atomic E-state index is 0.307. The molecule has 1 saturated heterocycles. The number of aromatic amines is 1. The van der Waals surface area contributed by atoms with Gasteiger partial charge in [-0.05, 0) is 38.2 Å². The van der Waals surface area contributed by atoms with E-state index in [1.807, 2.05) is 31.6 Å². The van der Waals surface area contributed by atoms with Crippen molar-refractivity contribution in [3.63, 3.8) is 0 Å². The van der Waals surface area contributed by atoms with Crippen molar-refractivity contribution in [3.8, 4) is 11.3 Å². The monoisotopic (exact) mass is 445 g/mol. The number of hydrogen-bond acceptors (Lipinski definition) is 7. The summed E-state index contributed by atoms with van der Waals surface area (Å²) in [6.07, 6.45) is 11.4. The van der Waals surface area contributed by atoms with E-state index in [4.69, 9.17) is 15.0 Å². The smallest absolute Gasteiger partial charge is 0.226 e. The van der Waals surface area contributed by atoms with Gasteiger partial charge in [0.25, 0.3) is 0 Å². The predicted octanol–water partition coefficient (Wildman–Crippen LogP) is 3.05. The molecule has 10 nitrogen and oxygen atoms in total. The van der Waals surface area contributed by atoms with Crippen LogP contribution in [0.25, 0.3) is 27.9 Å². The van der Waals surface area contributed by atoms with E-state index in [0.717, 1.165) is 72.4 Å². The highest BCUT2D eigenvalue weighted by atomic mass is 16.2. The molecule has 1 amide bonds. The summed E-state index contributed by atoms with van der Waals surface area (Å²) >= 11 is 0. The fourth-order valence-electron chi connectivity index (χ4n) is 5.21. The van der Waals surface area contributed by atoms with E-state index in [1.54, 1.807) is 10.7 Å². The maximum atomic E-state index is 12.1. The van der Waals surface area contributed by atoms with Gasteiger partial charge in [-0.15, -0.1) is 0 Å². The van der Waals surface area contributed by atoms with Crippen LogP contribution in [0.4, 0.5) is 11.8 Å². The maximum absolute atomic E-state index is 12.1. The third-order valence-electron chi connectivity index (χ3n) is 6.88. The standard InChI is InChI=1S/C23H27N9O/c1-24-21-20-16(17-9-12-32-18(28-17)8-10-26-32)13-25-22(20)30-23(29-21)27-14-4-6-15(7-5-14)31-11-2-3-19(31)33/h8-10,12-15H,2-7,11H2,1H3,(H3,24,25,27,29,30)/t14-,15-. The number of aromatic nitrogens is 6. The summed E-state index contributed by atoms with van der Waals surface area (Å²) in [5, 5.41) is 11.9. The summed E-state index contributed by atoms with van der Waals surface area (Å²) in [6, 6.07) is 4.52. The second-order valence-corrected chi connectivity index (χ2v) is 8.86. The zero-order chi connectivity index (χ0) is 22.4. The first-order valence-electron chi connectivity index (χ1n) is 11.6. The van der Waals surface area contributed by atoms with E-state index >= 15 is 0 Å². The molecule has 4 aromatic rings. The molecule has 2 fully saturated rings. The number of anilines is 2. The van der Waals surface area contributed by atoms with Crippen molar-refractivity contribution in [1.29, 1.82) is 0 Å². The van der Waals surface area contributed by atoms with Gasteiger partial charge in [-0.25, -0.2) is 9.50 Å². The number of H-pyrrole nitrogens is 1. The minimum Gasteiger partial charge on any atom is -0.372 e. The molecule has 2 aliphatic rings. The Morgan fingerprint density at radius 3 is 2.79 bits per heavy atom. The fourth-order valence-corrected chi connectivity index (χ4v) is 5.21. The molecule has 0 atom stereocenters. The largest absolute Gasteiger partial charge is 0.372 e. The highest BCUT2D eigenvalue weighted by Crippen LogP contribution is 2.33. The highest BCUT2D eigenvalue weighted by molar-refractivity contribution is 6.00. The summed E-state index contributed by atoms with van der Waals surface area (Å²) in [5.74, 6) is 1.69. The zero-order valence-corrected chi connectivity index (χ0v) is 18.6. The van der Waals surface area contributed by atoms with Crippen molar-refractivity contribution >= 4 is 34.4 Å². The number of nitrogens with zero attached hydrogens (tertiary/aromatic N) is 6. The predicted molar refractivity (Wildman–Crippen MR) is 126 cm³/mol. The Morgan fingerprint density at radius 1 is 1.12 bits per heavy atom. The Labute approximate surface area is 190 Å². The number of carbonyl (C=O) groups excluding carboxylic acids is 1. The lowest BCUT2D eigenvalue weighted by atomic mass is 9.90. The van der Waals surface area contributed by atoms with Gasteiger partial charge in [-0.2, -0.15) is 15.1 Å². The number of nitrogens with one attached hydrogen (secondary N) is 3. The van der Waals surface area contributed by atoms with Crippen LogP contribution in [0.3, 0.4) is 0 Å². The number of rotatable bonds is 5. The average Bonchev–Trinajstić information content (AvgIpc) is 3.58. The number of hydrogen-bond donors (Lipinski definition) is 3. The lowest BCUT2D eigenvalue weighted by Crippen LogP contribution is -2.41. The van der Waals surface area contributed by atoms with Gasteiger partial charge in [0.2, 0.25) is 11.9 Å². The maximum Gasteiger partial charge on any atom is 0.226 e. The van der Waals surface area contributed by atoms with Gasteiger partial charge < -0.3 is 20.5 Å². The molecule has 0 radical (unpaired) electrons. The third kappa shape index (κ3) is 3.55. The minimum atomic E-state index is 0.307.